The number of amides is 2. The monoisotopic (exact) mass is 369 g/mol. The van der Waals surface area contributed by atoms with Gasteiger partial charge in [-0.1, -0.05) is 5.21 Å². The molecule has 3 atom stereocenters. The molecular formula is C14H23N7O3S. The summed E-state index contributed by atoms with van der Waals surface area (Å²) in [6.07, 6.45) is 2.99. The molecule has 0 fully saturated rings. The van der Waals surface area contributed by atoms with Crippen molar-refractivity contribution in [2.24, 2.45) is 17.5 Å². The van der Waals surface area contributed by atoms with E-state index in [4.69, 9.17) is 11.6 Å². The van der Waals surface area contributed by atoms with Gasteiger partial charge in [0.2, 0.25) is 11.8 Å². The molecule has 138 valence electrons. The number of rotatable bonds is 5. The van der Waals surface area contributed by atoms with Crippen LogP contribution in [-0.2, 0) is 27.3 Å². The second-order valence-corrected chi connectivity index (χ2v) is 6.40. The van der Waals surface area contributed by atoms with Crippen molar-refractivity contribution >= 4 is 30.2 Å². The average molecular weight is 369 g/mol. The zero-order valence-corrected chi connectivity index (χ0v) is 14.6. The number of aryl methyl sites for hydroxylation is 2. The third-order valence-corrected chi connectivity index (χ3v) is 4.60. The maximum Gasteiger partial charge on any atom is 0.239 e. The summed E-state index contributed by atoms with van der Waals surface area (Å²) < 4.78 is 1.61. The van der Waals surface area contributed by atoms with E-state index in [2.05, 4.69) is 33.7 Å². The minimum absolute atomic E-state index is 0.0215. The molecule has 2 amide bonds. The molecule has 2 rings (SSSR count). The largest absolute Gasteiger partial charge is 0.369 e. The van der Waals surface area contributed by atoms with Gasteiger partial charge in [0.25, 0.3) is 0 Å². The zero-order valence-electron chi connectivity index (χ0n) is 13.7. The first-order chi connectivity index (χ1) is 11.9. The zero-order chi connectivity index (χ0) is 18.4. The molecule has 0 unspecified atom stereocenters. The smallest absolute Gasteiger partial charge is 0.239 e. The number of hydrazine groups is 1. The van der Waals surface area contributed by atoms with E-state index in [1.54, 1.807) is 10.9 Å². The van der Waals surface area contributed by atoms with Crippen molar-refractivity contribution < 1.29 is 14.4 Å². The Kier molecular flexibility index (Phi) is 6.91. The highest BCUT2D eigenvalue weighted by atomic mass is 32.1. The van der Waals surface area contributed by atoms with Crippen LogP contribution in [0.15, 0.2) is 6.20 Å². The highest BCUT2D eigenvalue weighted by Crippen LogP contribution is 2.16. The Hall–Kier alpha value is -1.98. The first-order valence-corrected chi connectivity index (χ1v) is 8.66. The lowest BCUT2D eigenvalue weighted by atomic mass is 9.92. The lowest BCUT2D eigenvalue weighted by molar-refractivity contribution is -0.131. The average Bonchev–Trinajstić information content (AvgIpc) is 3.02. The van der Waals surface area contributed by atoms with Gasteiger partial charge in [-0.15, -0.1) is 5.10 Å². The van der Waals surface area contributed by atoms with Gasteiger partial charge in [-0.05, 0) is 19.3 Å². The van der Waals surface area contributed by atoms with Crippen molar-refractivity contribution in [2.75, 3.05) is 5.75 Å². The van der Waals surface area contributed by atoms with Crippen LogP contribution in [0.1, 0.15) is 25.0 Å². The fraction of sp³-hybridized carbons (Fsp3) is 0.643. The van der Waals surface area contributed by atoms with Gasteiger partial charge in [0.05, 0.1) is 11.7 Å². The van der Waals surface area contributed by atoms with Gasteiger partial charge < -0.3 is 11.1 Å². The van der Waals surface area contributed by atoms with E-state index in [0.717, 1.165) is 5.69 Å². The van der Waals surface area contributed by atoms with E-state index in [9.17, 15) is 14.4 Å². The lowest BCUT2D eigenvalue weighted by Crippen LogP contribution is -2.53. The SMILES string of the molecule is NN[C@@H](CS)C(=O)N[C@H]1CCn2cc(nn2)CC[C@@H](C(N)=O)CC1=O. The summed E-state index contributed by atoms with van der Waals surface area (Å²) in [5, 5.41) is 10.7. The Labute approximate surface area is 150 Å². The molecule has 1 aliphatic heterocycles. The van der Waals surface area contributed by atoms with Gasteiger partial charge in [0.1, 0.15) is 6.04 Å². The van der Waals surface area contributed by atoms with E-state index in [1.807, 2.05) is 0 Å². The molecule has 1 aliphatic rings. The van der Waals surface area contributed by atoms with Crippen LogP contribution in [0.2, 0.25) is 0 Å². The molecule has 0 spiro atoms. The van der Waals surface area contributed by atoms with Gasteiger partial charge in [-0.3, -0.25) is 24.9 Å². The Morgan fingerprint density at radius 3 is 2.84 bits per heavy atom. The molecule has 2 heterocycles. The van der Waals surface area contributed by atoms with Crippen LogP contribution in [-0.4, -0.2) is 50.4 Å². The topological polar surface area (TPSA) is 158 Å². The number of Topliss-reactive ketones (excluding diaryl/α,β-unsaturated/α-hetero) is 1. The summed E-state index contributed by atoms with van der Waals surface area (Å²) in [6.45, 7) is 0.409. The second kappa shape index (κ2) is 8.92. The summed E-state index contributed by atoms with van der Waals surface area (Å²) in [6, 6.07) is -1.49. The van der Waals surface area contributed by atoms with Gasteiger partial charge in [-0.25, -0.2) is 5.43 Å². The molecule has 0 aliphatic carbocycles. The Morgan fingerprint density at radius 1 is 1.44 bits per heavy atom. The summed E-state index contributed by atoms with van der Waals surface area (Å²) in [4.78, 5) is 36.5. The molecular weight excluding hydrogens is 346 g/mol. The number of hydrogen-bond acceptors (Lipinski definition) is 8. The molecule has 0 saturated carbocycles. The molecule has 0 aromatic carbocycles. The number of aromatic nitrogens is 3. The predicted molar refractivity (Wildman–Crippen MR) is 92.2 cm³/mol. The van der Waals surface area contributed by atoms with E-state index in [-0.39, 0.29) is 18.0 Å². The molecule has 1 aromatic rings. The minimum atomic E-state index is -0.768. The standard InChI is InChI=1S/C14H23N7O3S/c15-13(23)8-1-2-9-6-21(20-19-9)4-3-10(12(22)5-8)17-14(24)11(7-25)18-16/h6,8,10-11,18,25H,1-5,7,16H2,(H2,15,23)(H,17,24)/t8-,10+,11+/m1/s1. The number of nitrogens with one attached hydrogen (secondary N) is 2. The number of carbonyl (C=O) groups excluding carboxylic acids is 3. The summed E-state index contributed by atoms with van der Waals surface area (Å²) >= 11 is 4.04. The highest BCUT2D eigenvalue weighted by Gasteiger charge is 2.29. The molecule has 2 bridgehead atoms. The fourth-order valence-electron chi connectivity index (χ4n) is 2.67. The molecule has 10 nitrogen and oxygen atoms in total. The number of fused-ring (bicyclic) bond motifs is 2. The molecule has 0 saturated heterocycles. The van der Waals surface area contributed by atoms with Gasteiger partial charge >= 0.3 is 0 Å². The van der Waals surface area contributed by atoms with E-state index >= 15 is 0 Å². The highest BCUT2D eigenvalue weighted by molar-refractivity contribution is 7.80. The van der Waals surface area contributed by atoms with Crippen LogP contribution in [0.5, 0.6) is 0 Å². The van der Waals surface area contributed by atoms with Crippen LogP contribution in [0.3, 0.4) is 0 Å². The first-order valence-electron chi connectivity index (χ1n) is 8.03. The van der Waals surface area contributed by atoms with Crippen molar-refractivity contribution in [3.05, 3.63) is 11.9 Å². The normalized spacial score (nSPS) is 22.7. The maximum absolute atomic E-state index is 12.6. The fourth-order valence-corrected chi connectivity index (χ4v) is 2.94. The molecule has 0 radical (unpaired) electrons. The van der Waals surface area contributed by atoms with Crippen LogP contribution in [0.4, 0.5) is 0 Å². The summed E-state index contributed by atoms with van der Waals surface area (Å²) in [5.41, 5.74) is 8.50. The first kappa shape index (κ1) is 19.3. The molecule has 1 aromatic heterocycles. The molecule has 11 heteroatoms. The third-order valence-electron chi connectivity index (χ3n) is 4.24. The quantitative estimate of drug-likeness (QED) is 0.226. The lowest BCUT2D eigenvalue weighted by Gasteiger charge is -2.22. The number of carbonyl (C=O) groups is 3. The number of nitrogens with two attached hydrogens (primary N) is 2. The van der Waals surface area contributed by atoms with Crippen LogP contribution >= 0.6 is 12.6 Å². The summed E-state index contributed by atoms with van der Waals surface area (Å²) in [5.74, 6) is 3.67. The summed E-state index contributed by atoms with van der Waals surface area (Å²) in [7, 11) is 0. The second-order valence-electron chi connectivity index (χ2n) is 6.03. The van der Waals surface area contributed by atoms with Crippen LogP contribution in [0, 0.1) is 5.92 Å². The number of thiol groups is 1. The number of nitrogens with zero attached hydrogens (tertiary/aromatic N) is 3. The van der Waals surface area contributed by atoms with Crippen molar-refractivity contribution in [1.29, 1.82) is 0 Å². The van der Waals surface area contributed by atoms with Gasteiger partial charge in [0.15, 0.2) is 5.78 Å². The van der Waals surface area contributed by atoms with E-state index in [1.165, 1.54) is 0 Å². The third kappa shape index (κ3) is 5.25. The van der Waals surface area contributed by atoms with E-state index < -0.39 is 29.8 Å². The van der Waals surface area contributed by atoms with Crippen LogP contribution < -0.4 is 22.3 Å². The number of primary amides is 1. The Morgan fingerprint density at radius 2 is 2.20 bits per heavy atom. The van der Waals surface area contributed by atoms with E-state index in [0.29, 0.717) is 25.8 Å². The Balaban J connectivity index is 2.17. The minimum Gasteiger partial charge on any atom is -0.369 e. The van der Waals surface area contributed by atoms with Gasteiger partial charge in [0, 0.05) is 30.8 Å². The Bertz CT molecular complexity index is 632. The maximum atomic E-state index is 12.6. The van der Waals surface area contributed by atoms with Crippen LogP contribution in [0.25, 0.3) is 0 Å². The van der Waals surface area contributed by atoms with Crippen molar-refractivity contribution in [3.63, 3.8) is 0 Å². The van der Waals surface area contributed by atoms with Crippen molar-refractivity contribution in [2.45, 2.75) is 44.3 Å². The number of hydrogen-bond donors (Lipinski definition) is 5. The number of ketones is 1. The van der Waals surface area contributed by atoms with Crippen molar-refractivity contribution in [3.8, 4) is 0 Å². The molecule has 6 N–H and O–H groups in total. The predicted octanol–water partition coefficient (Wildman–Crippen LogP) is -2.08. The molecule has 25 heavy (non-hydrogen) atoms. The van der Waals surface area contributed by atoms with Crippen molar-refractivity contribution in [1.82, 2.24) is 25.7 Å². The van der Waals surface area contributed by atoms with Gasteiger partial charge in [-0.2, -0.15) is 12.6 Å².